The summed E-state index contributed by atoms with van der Waals surface area (Å²) in [7, 11) is -3.34. The average Bonchev–Trinajstić information content (AvgIpc) is 3.49. The predicted octanol–water partition coefficient (Wildman–Crippen LogP) is 1.89. The van der Waals surface area contributed by atoms with Gasteiger partial charge < -0.3 is 14.5 Å². The molecule has 3 aliphatic rings. The van der Waals surface area contributed by atoms with Crippen LogP contribution in [0.2, 0.25) is 0 Å². The zero-order valence-corrected chi connectivity index (χ0v) is 22.7. The summed E-state index contributed by atoms with van der Waals surface area (Å²) in [6.45, 7) is 5.85. The van der Waals surface area contributed by atoms with Gasteiger partial charge in [0.05, 0.1) is 23.4 Å². The maximum atomic E-state index is 13.3. The number of nitrogens with zero attached hydrogens (tertiary/aromatic N) is 4. The molecule has 13 heteroatoms. The lowest BCUT2D eigenvalue weighted by Crippen LogP contribution is -2.50. The Morgan fingerprint density at radius 2 is 2.05 bits per heavy atom. The number of carbonyl (C=O) groups is 2. The normalized spacial score (nSPS) is 22.9. The third-order valence-corrected chi connectivity index (χ3v) is 10.1. The molecular weight excluding hydrogens is 530 g/mol. The molecule has 2 amide bonds. The number of carbonyl (C=O) groups excluding carboxylic acids is 2. The van der Waals surface area contributed by atoms with Crippen LogP contribution in [0.4, 0.5) is 5.13 Å². The first-order valence-electron chi connectivity index (χ1n) is 12.7. The molecule has 204 valence electrons. The molecule has 0 unspecified atom stereocenters. The topological polar surface area (TPSA) is 130 Å². The highest BCUT2D eigenvalue weighted by Crippen LogP contribution is 2.33. The van der Waals surface area contributed by atoms with Gasteiger partial charge in [-0.2, -0.15) is 0 Å². The van der Waals surface area contributed by atoms with E-state index in [2.05, 4.69) is 27.3 Å². The number of ether oxygens (including phenoxy) is 1. The highest BCUT2D eigenvalue weighted by Gasteiger charge is 2.37. The summed E-state index contributed by atoms with van der Waals surface area (Å²) in [5.74, 6) is -0.504. The summed E-state index contributed by atoms with van der Waals surface area (Å²) in [4.78, 5) is 39.6. The molecule has 0 radical (unpaired) electrons. The van der Waals surface area contributed by atoms with Crippen molar-refractivity contribution < 1.29 is 27.6 Å². The van der Waals surface area contributed by atoms with Crippen molar-refractivity contribution in [3.05, 3.63) is 40.9 Å². The van der Waals surface area contributed by atoms with E-state index in [-0.39, 0.29) is 28.0 Å². The zero-order chi connectivity index (χ0) is 26.7. The van der Waals surface area contributed by atoms with E-state index in [4.69, 9.17) is 9.57 Å². The Kier molecular flexibility index (Phi) is 8.07. The molecule has 1 saturated carbocycles. The van der Waals surface area contributed by atoms with Crippen LogP contribution in [0.1, 0.15) is 36.6 Å². The maximum absolute atomic E-state index is 13.3. The lowest BCUT2D eigenvalue weighted by molar-refractivity contribution is -0.120. The van der Waals surface area contributed by atoms with Gasteiger partial charge in [0, 0.05) is 55.3 Å². The summed E-state index contributed by atoms with van der Waals surface area (Å²) in [5.41, 5.74) is 0.470. The van der Waals surface area contributed by atoms with Crippen LogP contribution in [0.15, 0.2) is 40.5 Å². The van der Waals surface area contributed by atoms with Gasteiger partial charge in [-0.3, -0.25) is 19.8 Å². The molecule has 2 atom stereocenters. The number of benzene rings is 1. The summed E-state index contributed by atoms with van der Waals surface area (Å²) in [6, 6.07) is 6.40. The van der Waals surface area contributed by atoms with Crippen molar-refractivity contribution >= 4 is 44.3 Å². The fraction of sp³-hybridized carbons (Fsp3) is 0.520. The first kappa shape index (κ1) is 26.7. The largest absolute Gasteiger partial charge is 0.389 e. The molecule has 38 heavy (non-hydrogen) atoms. The zero-order valence-electron chi connectivity index (χ0n) is 21.1. The van der Waals surface area contributed by atoms with E-state index in [0.717, 1.165) is 17.8 Å². The van der Waals surface area contributed by atoms with Crippen molar-refractivity contribution in [2.24, 2.45) is 5.16 Å². The number of rotatable bonds is 10. The number of oxime groups is 1. The molecule has 2 aromatic rings. The third kappa shape index (κ3) is 6.22. The van der Waals surface area contributed by atoms with Crippen LogP contribution in [0.5, 0.6) is 0 Å². The number of sulfone groups is 1. The van der Waals surface area contributed by atoms with Crippen LogP contribution in [0.25, 0.3) is 0 Å². The van der Waals surface area contributed by atoms with Crippen LogP contribution in [0, 0.1) is 0 Å². The molecule has 3 fully saturated rings. The number of nitrogens with one attached hydrogen (secondary N) is 1. The Morgan fingerprint density at radius 3 is 2.71 bits per heavy atom. The van der Waals surface area contributed by atoms with Gasteiger partial charge in [-0.1, -0.05) is 17.3 Å². The summed E-state index contributed by atoms with van der Waals surface area (Å²) >= 11 is 1.37. The lowest BCUT2D eigenvalue weighted by Gasteiger charge is -2.37. The minimum absolute atomic E-state index is 0.0302. The Balaban J connectivity index is 1.28. The first-order valence-corrected chi connectivity index (χ1v) is 15.0. The van der Waals surface area contributed by atoms with E-state index < -0.39 is 15.7 Å². The standard InChI is InChI=1S/C25H31N5O6S2/c1-17-13-29(16-31)9-10-30(17)14-20-12-26-25(37-20)27-24(32)23(28-36-19-8-11-35-15-19)18-2-4-21(5-3-18)38(33,34)22-6-7-22/h2-5,12,16-17,19,22H,6-11,13-15H2,1H3,(H,26,27,32)/b28-23+/t17-,19+/m0/s1. The highest BCUT2D eigenvalue weighted by atomic mass is 32.2. The van der Waals surface area contributed by atoms with Crippen molar-refractivity contribution in [1.29, 1.82) is 0 Å². The van der Waals surface area contributed by atoms with Gasteiger partial charge in [-0.25, -0.2) is 13.4 Å². The van der Waals surface area contributed by atoms with E-state index in [1.54, 1.807) is 23.2 Å². The van der Waals surface area contributed by atoms with Crippen molar-refractivity contribution in [2.75, 3.05) is 38.2 Å². The van der Waals surface area contributed by atoms with Crippen LogP contribution in [-0.2, 0) is 35.5 Å². The summed E-state index contributed by atoms with van der Waals surface area (Å²) in [5, 5.41) is 7.07. The molecule has 3 heterocycles. The Morgan fingerprint density at radius 1 is 1.26 bits per heavy atom. The van der Waals surface area contributed by atoms with Gasteiger partial charge in [0.2, 0.25) is 6.41 Å². The second-order valence-corrected chi connectivity index (χ2v) is 13.1. The van der Waals surface area contributed by atoms with E-state index >= 15 is 0 Å². The van der Waals surface area contributed by atoms with Gasteiger partial charge in [0.1, 0.15) is 0 Å². The number of anilines is 1. The number of piperazine rings is 1. The monoisotopic (exact) mass is 561 g/mol. The molecule has 2 saturated heterocycles. The quantitative estimate of drug-likeness (QED) is 0.264. The van der Waals surface area contributed by atoms with Crippen LogP contribution in [-0.4, -0.2) is 91.5 Å². The molecular formula is C25H31N5O6S2. The number of thiazole rings is 1. The fourth-order valence-electron chi connectivity index (χ4n) is 4.47. The second-order valence-electron chi connectivity index (χ2n) is 9.81. The van der Waals surface area contributed by atoms with Crippen LogP contribution < -0.4 is 5.32 Å². The van der Waals surface area contributed by atoms with Gasteiger partial charge in [-0.15, -0.1) is 11.3 Å². The van der Waals surface area contributed by atoms with E-state index in [1.807, 2.05) is 0 Å². The molecule has 2 aliphatic heterocycles. The molecule has 11 nitrogen and oxygen atoms in total. The Bertz CT molecular complexity index is 1290. The van der Waals surface area contributed by atoms with Crippen molar-refractivity contribution in [3.8, 4) is 0 Å². The third-order valence-electron chi connectivity index (χ3n) is 6.89. The highest BCUT2D eigenvalue weighted by molar-refractivity contribution is 7.92. The second kappa shape index (κ2) is 11.5. The van der Waals surface area contributed by atoms with Crippen molar-refractivity contribution in [2.45, 2.75) is 55.0 Å². The van der Waals surface area contributed by atoms with Crippen LogP contribution >= 0.6 is 11.3 Å². The average molecular weight is 562 g/mol. The predicted molar refractivity (Wildman–Crippen MR) is 142 cm³/mol. The van der Waals surface area contributed by atoms with E-state index in [0.29, 0.717) is 62.8 Å². The van der Waals surface area contributed by atoms with Gasteiger partial charge >= 0.3 is 0 Å². The molecule has 1 N–H and O–H groups in total. The first-order chi connectivity index (χ1) is 18.3. The number of aromatic nitrogens is 1. The van der Waals surface area contributed by atoms with Gasteiger partial charge in [0.25, 0.3) is 5.91 Å². The molecule has 0 spiro atoms. The van der Waals surface area contributed by atoms with Crippen molar-refractivity contribution in [3.63, 3.8) is 0 Å². The molecule has 1 aliphatic carbocycles. The minimum atomic E-state index is -3.34. The van der Waals surface area contributed by atoms with E-state index in [1.165, 1.54) is 23.5 Å². The maximum Gasteiger partial charge on any atom is 0.280 e. The van der Waals surface area contributed by atoms with Gasteiger partial charge in [0.15, 0.2) is 26.8 Å². The fourth-order valence-corrected chi connectivity index (χ4v) is 6.96. The van der Waals surface area contributed by atoms with Crippen LogP contribution in [0.3, 0.4) is 0 Å². The minimum Gasteiger partial charge on any atom is -0.389 e. The molecule has 0 bridgehead atoms. The van der Waals surface area contributed by atoms with E-state index in [9.17, 15) is 18.0 Å². The number of amides is 2. The Hall–Kier alpha value is -2.87. The summed E-state index contributed by atoms with van der Waals surface area (Å²) in [6.07, 6.45) is 4.41. The number of hydrogen-bond acceptors (Lipinski definition) is 10. The van der Waals surface area contributed by atoms with Crippen molar-refractivity contribution in [1.82, 2.24) is 14.8 Å². The SMILES string of the molecule is C[C@H]1CN(C=O)CCN1Cc1cnc(NC(=O)/C(=N/O[C@@H]2CCOC2)c2ccc(S(=O)(=O)C3CC3)cc2)s1. The molecule has 1 aromatic heterocycles. The Labute approximate surface area is 225 Å². The number of hydrogen-bond donors (Lipinski definition) is 1. The smallest absolute Gasteiger partial charge is 0.280 e. The van der Waals surface area contributed by atoms with Gasteiger partial charge in [-0.05, 0) is 31.9 Å². The lowest BCUT2D eigenvalue weighted by atomic mass is 10.1. The molecule has 1 aromatic carbocycles. The summed E-state index contributed by atoms with van der Waals surface area (Å²) < 4.78 is 30.5. The molecule has 5 rings (SSSR count).